The second-order valence-corrected chi connectivity index (χ2v) is 6.12. The lowest BCUT2D eigenvalue weighted by Crippen LogP contribution is -2.24. The van der Waals surface area contributed by atoms with Crippen molar-refractivity contribution in [3.63, 3.8) is 0 Å². The summed E-state index contributed by atoms with van der Waals surface area (Å²) in [5.41, 5.74) is 2.71. The number of aliphatic hydroxyl groups excluding tert-OH is 1. The molecule has 0 aliphatic heterocycles. The molecule has 4 N–H and O–H groups in total. The van der Waals surface area contributed by atoms with E-state index in [4.69, 9.17) is 9.47 Å². The first-order valence-corrected chi connectivity index (χ1v) is 8.68. The van der Waals surface area contributed by atoms with E-state index >= 15 is 0 Å². The lowest BCUT2D eigenvalue weighted by Gasteiger charge is -2.11. The molecule has 0 fully saturated rings. The molecule has 9 heteroatoms. The number of hydrogen-bond acceptors (Lipinski definition) is 7. The predicted molar refractivity (Wildman–Crippen MR) is 105 cm³/mol. The van der Waals surface area contributed by atoms with Crippen LogP contribution >= 0.6 is 0 Å². The second-order valence-electron chi connectivity index (χ2n) is 6.12. The molecule has 0 saturated heterocycles. The maximum atomic E-state index is 12.0. The fraction of sp³-hybridized carbons (Fsp3) is 0.211. The van der Waals surface area contributed by atoms with Crippen molar-refractivity contribution in [3.8, 4) is 11.3 Å². The Morgan fingerprint density at radius 3 is 2.82 bits per heavy atom. The Kier molecular flexibility index (Phi) is 5.02. The lowest BCUT2D eigenvalue weighted by molar-refractivity contribution is -0.0903. The molecule has 1 atom stereocenters. The number of imidazole rings is 1. The number of ether oxygens (including phenoxy) is 2. The van der Waals surface area contributed by atoms with Gasteiger partial charge in [0.15, 0.2) is 0 Å². The third kappa shape index (κ3) is 3.58. The average Bonchev–Trinajstić information content (AvgIpc) is 3.10. The summed E-state index contributed by atoms with van der Waals surface area (Å²) in [5.74, 6) is 0.372. The van der Waals surface area contributed by atoms with Gasteiger partial charge in [-0.1, -0.05) is 24.3 Å². The Hall–Kier alpha value is -3.27. The van der Waals surface area contributed by atoms with Crippen molar-refractivity contribution in [2.45, 2.75) is 6.41 Å². The van der Waals surface area contributed by atoms with Crippen molar-refractivity contribution in [3.05, 3.63) is 52.8 Å². The van der Waals surface area contributed by atoms with Gasteiger partial charge >= 0.3 is 0 Å². The first-order chi connectivity index (χ1) is 13.7. The molecule has 4 aromatic rings. The highest BCUT2D eigenvalue weighted by atomic mass is 16.6. The number of hydrogen-bond donors (Lipinski definition) is 4. The van der Waals surface area contributed by atoms with Crippen LogP contribution in [-0.2, 0) is 9.47 Å². The molecule has 2 aromatic carbocycles. The Balaban J connectivity index is 1.64. The summed E-state index contributed by atoms with van der Waals surface area (Å²) >= 11 is 0. The van der Waals surface area contributed by atoms with E-state index in [1.165, 1.54) is 0 Å². The molecule has 144 valence electrons. The van der Waals surface area contributed by atoms with Gasteiger partial charge in [-0.25, -0.2) is 10.1 Å². The molecule has 1 unspecified atom stereocenters. The van der Waals surface area contributed by atoms with Crippen LogP contribution in [0.3, 0.4) is 0 Å². The molecule has 0 saturated carbocycles. The fourth-order valence-electron chi connectivity index (χ4n) is 2.96. The molecular weight excluding hydrogens is 362 g/mol. The highest BCUT2D eigenvalue weighted by molar-refractivity contribution is 5.95. The summed E-state index contributed by atoms with van der Waals surface area (Å²) in [7, 11) is 1.56. The second kappa shape index (κ2) is 7.77. The average molecular weight is 381 g/mol. The van der Waals surface area contributed by atoms with Gasteiger partial charge in [0.2, 0.25) is 12.4 Å². The lowest BCUT2D eigenvalue weighted by atomic mass is 10.0. The normalized spacial score (nSPS) is 12.5. The minimum atomic E-state index is -1.21. The summed E-state index contributed by atoms with van der Waals surface area (Å²) in [4.78, 5) is 19.5. The number of nitrogens with one attached hydrogen (secondary N) is 3. The Labute approximate surface area is 159 Å². The predicted octanol–water partition coefficient (Wildman–Crippen LogP) is 1.82. The largest absolute Gasteiger partial charge is 0.382 e. The quantitative estimate of drug-likeness (QED) is 0.284. The summed E-state index contributed by atoms with van der Waals surface area (Å²) in [6.45, 7) is 0.627. The number of nitrogens with zero attached hydrogens (tertiary/aromatic N) is 2. The summed E-state index contributed by atoms with van der Waals surface area (Å²) in [6, 6.07) is 12.9. The van der Waals surface area contributed by atoms with Crippen LogP contribution in [-0.4, -0.2) is 52.0 Å². The minimum Gasteiger partial charge on any atom is -0.382 e. The third-order valence-corrected chi connectivity index (χ3v) is 4.28. The van der Waals surface area contributed by atoms with E-state index < -0.39 is 6.41 Å². The van der Waals surface area contributed by atoms with Gasteiger partial charge in [0.05, 0.1) is 35.3 Å². The van der Waals surface area contributed by atoms with Gasteiger partial charge in [-0.15, -0.1) is 0 Å². The van der Waals surface area contributed by atoms with Gasteiger partial charge < -0.3 is 24.9 Å². The smallest absolute Gasteiger partial charge is 0.272 e. The zero-order chi connectivity index (χ0) is 19.5. The maximum Gasteiger partial charge on any atom is 0.272 e. The summed E-state index contributed by atoms with van der Waals surface area (Å²) in [6.07, 6.45) is -1.21. The molecule has 2 aromatic heterocycles. The third-order valence-electron chi connectivity index (χ3n) is 4.28. The Morgan fingerprint density at radius 1 is 1.18 bits per heavy atom. The van der Waals surface area contributed by atoms with Gasteiger partial charge in [-0.3, -0.25) is 4.79 Å². The molecule has 0 radical (unpaired) electrons. The van der Waals surface area contributed by atoms with Crippen LogP contribution in [0.15, 0.2) is 47.3 Å². The van der Waals surface area contributed by atoms with E-state index in [1.807, 2.05) is 36.4 Å². The molecule has 0 amide bonds. The van der Waals surface area contributed by atoms with Gasteiger partial charge in [0.1, 0.15) is 0 Å². The molecule has 28 heavy (non-hydrogen) atoms. The van der Waals surface area contributed by atoms with E-state index in [1.54, 1.807) is 13.2 Å². The number of aromatic nitrogens is 4. The summed E-state index contributed by atoms with van der Waals surface area (Å²) in [5, 5.41) is 20.7. The van der Waals surface area contributed by atoms with Crippen molar-refractivity contribution in [2.75, 3.05) is 25.6 Å². The number of H-pyrrole nitrogens is 2. The van der Waals surface area contributed by atoms with Crippen molar-refractivity contribution in [1.82, 2.24) is 20.2 Å². The minimum absolute atomic E-state index is 0.228. The van der Waals surface area contributed by atoms with Crippen LogP contribution in [0.2, 0.25) is 0 Å². The molecule has 4 rings (SSSR count). The highest BCUT2D eigenvalue weighted by Gasteiger charge is 2.12. The first kappa shape index (κ1) is 18.1. The SMILES string of the molecule is COCCOC(O)Nc1nc2cc(-c3n[nH]c(=O)c4ccccc34)ccc2[nH]1. The molecule has 0 spiro atoms. The number of methoxy groups -OCH3 is 1. The van der Waals surface area contributed by atoms with Gasteiger partial charge in [0.25, 0.3) is 5.56 Å². The number of benzene rings is 2. The van der Waals surface area contributed by atoms with Crippen LogP contribution < -0.4 is 10.9 Å². The van der Waals surface area contributed by atoms with E-state index in [0.717, 1.165) is 16.5 Å². The van der Waals surface area contributed by atoms with E-state index in [0.29, 0.717) is 29.2 Å². The number of anilines is 1. The zero-order valence-electron chi connectivity index (χ0n) is 15.1. The first-order valence-electron chi connectivity index (χ1n) is 8.68. The van der Waals surface area contributed by atoms with Crippen LogP contribution in [0.4, 0.5) is 5.95 Å². The van der Waals surface area contributed by atoms with E-state index in [2.05, 4.69) is 25.5 Å². The van der Waals surface area contributed by atoms with Crippen LogP contribution in [0.1, 0.15) is 0 Å². The van der Waals surface area contributed by atoms with Crippen molar-refractivity contribution in [2.24, 2.45) is 0 Å². The fourth-order valence-corrected chi connectivity index (χ4v) is 2.96. The van der Waals surface area contributed by atoms with Crippen molar-refractivity contribution < 1.29 is 14.6 Å². The molecule has 2 heterocycles. The standard InChI is InChI=1S/C19H19N5O4/c1-27-8-9-28-19(26)22-18-20-14-7-6-11(10-15(14)21-18)16-12-4-2-3-5-13(12)17(25)24-23-16/h2-7,10,19,26H,8-9H2,1H3,(H,24,25)(H2,20,21,22). The van der Waals surface area contributed by atoms with Gasteiger partial charge in [-0.2, -0.15) is 5.10 Å². The molecule has 0 aliphatic carbocycles. The number of aliphatic hydroxyl groups is 1. The Morgan fingerprint density at radius 2 is 2.00 bits per heavy atom. The molecular formula is C19H19N5O4. The van der Waals surface area contributed by atoms with E-state index in [9.17, 15) is 9.90 Å². The molecule has 0 aliphatic rings. The number of fused-ring (bicyclic) bond motifs is 2. The van der Waals surface area contributed by atoms with Gasteiger partial charge in [0, 0.05) is 18.1 Å². The van der Waals surface area contributed by atoms with Crippen LogP contribution in [0.5, 0.6) is 0 Å². The highest BCUT2D eigenvalue weighted by Crippen LogP contribution is 2.27. The van der Waals surface area contributed by atoms with Crippen molar-refractivity contribution in [1.29, 1.82) is 0 Å². The number of aromatic amines is 2. The Bertz CT molecular complexity index is 1170. The van der Waals surface area contributed by atoms with Crippen LogP contribution in [0.25, 0.3) is 33.1 Å². The van der Waals surface area contributed by atoms with Crippen LogP contribution in [0, 0.1) is 0 Å². The van der Waals surface area contributed by atoms with Gasteiger partial charge in [-0.05, 0) is 18.2 Å². The molecule has 0 bridgehead atoms. The van der Waals surface area contributed by atoms with Crippen molar-refractivity contribution >= 4 is 27.8 Å². The summed E-state index contributed by atoms with van der Waals surface area (Å²) < 4.78 is 10.0. The zero-order valence-corrected chi connectivity index (χ0v) is 15.1. The maximum absolute atomic E-state index is 12.0. The monoisotopic (exact) mass is 381 g/mol. The molecule has 9 nitrogen and oxygen atoms in total. The topological polar surface area (TPSA) is 125 Å². The number of rotatable bonds is 7. The van der Waals surface area contributed by atoms with E-state index in [-0.39, 0.29) is 12.2 Å².